The Hall–Kier alpha value is -2.61. The van der Waals surface area contributed by atoms with Crippen molar-refractivity contribution in [2.24, 2.45) is 5.92 Å². The zero-order valence-electron chi connectivity index (χ0n) is 19.2. The number of rotatable bonds is 6. The number of piperidine rings is 1. The standard InChI is InChI=1S/C25H31F4N3O/c1-17(2)18(3)31-11-9-23(10-12-31)32(16-19-7-5-4-6-8-19)24(33)30-22-14-20(25(27,28)29)13-21(26)15-22/h4-8,13-15,17-18,23H,9-12,16H2,1-3H3,(H,30,33). The Morgan fingerprint density at radius 3 is 2.30 bits per heavy atom. The van der Waals surface area contributed by atoms with E-state index >= 15 is 0 Å². The lowest BCUT2D eigenvalue weighted by Crippen LogP contribution is -2.50. The van der Waals surface area contributed by atoms with Crippen molar-refractivity contribution in [1.82, 2.24) is 9.80 Å². The van der Waals surface area contributed by atoms with Gasteiger partial charge in [-0.1, -0.05) is 44.2 Å². The smallest absolute Gasteiger partial charge is 0.317 e. The molecule has 2 aromatic rings. The van der Waals surface area contributed by atoms with Gasteiger partial charge >= 0.3 is 12.2 Å². The van der Waals surface area contributed by atoms with E-state index in [2.05, 4.69) is 31.0 Å². The Morgan fingerprint density at radius 2 is 1.73 bits per heavy atom. The molecule has 1 atom stereocenters. The molecule has 1 heterocycles. The normalized spacial score (nSPS) is 16.6. The van der Waals surface area contributed by atoms with E-state index in [1.54, 1.807) is 4.90 Å². The van der Waals surface area contributed by atoms with Crippen LogP contribution in [0.15, 0.2) is 48.5 Å². The zero-order chi connectivity index (χ0) is 24.2. The summed E-state index contributed by atoms with van der Waals surface area (Å²) < 4.78 is 53.1. The van der Waals surface area contributed by atoms with Crippen molar-refractivity contribution in [3.8, 4) is 0 Å². The maximum Gasteiger partial charge on any atom is 0.416 e. The van der Waals surface area contributed by atoms with Gasteiger partial charge in [-0.2, -0.15) is 13.2 Å². The number of alkyl halides is 3. The van der Waals surface area contributed by atoms with Crippen LogP contribution in [-0.4, -0.2) is 41.0 Å². The van der Waals surface area contributed by atoms with E-state index in [1.807, 2.05) is 30.3 Å². The highest BCUT2D eigenvalue weighted by Crippen LogP contribution is 2.32. The zero-order valence-corrected chi connectivity index (χ0v) is 19.2. The number of anilines is 1. The number of hydrogen-bond donors (Lipinski definition) is 1. The van der Waals surface area contributed by atoms with Crippen LogP contribution in [0.3, 0.4) is 0 Å². The molecule has 1 saturated heterocycles. The highest BCUT2D eigenvalue weighted by molar-refractivity contribution is 5.89. The molecule has 180 valence electrons. The molecule has 1 aliphatic heterocycles. The van der Waals surface area contributed by atoms with Gasteiger partial charge in [-0.15, -0.1) is 0 Å². The number of amides is 2. The van der Waals surface area contributed by atoms with Gasteiger partial charge < -0.3 is 15.1 Å². The lowest BCUT2D eigenvalue weighted by Gasteiger charge is -2.41. The molecule has 1 N–H and O–H groups in total. The van der Waals surface area contributed by atoms with Crippen LogP contribution < -0.4 is 5.32 Å². The van der Waals surface area contributed by atoms with E-state index in [-0.39, 0.29) is 11.7 Å². The van der Waals surface area contributed by atoms with Crippen LogP contribution in [0.25, 0.3) is 0 Å². The van der Waals surface area contributed by atoms with E-state index in [4.69, 9.17) is 0 Å². The molecule has 2 amide bonds. The maximum atomic E-state index is 13.8. The predicted molar refractivity (Wildman–Crippen MR) is 121 cm³/mol. The monoisotopic (exact) mass is 465 g/mol. The molecule has 1 unspecified atom stereocenters. The van der Waals surface area contributed by atoms with Crippen LogP contribution in [-0.2, 0) is 12.7 Å². The van der Waals surface area contributed by atoms with Crippen molar-refractivity contribution < 1.29 is 22.4 Å². The first-order valence-corrected chi connectivity index (χ1v) is 11.3. The third-order valence-corrected chi connectivity index (χ3v) is 6.41. The Kier molecular flexibility index (Phi) is 8.00. The van der Waals surface area contributed by atoms with Crippen LogP contribution in [0.1, 0.15) is 44.7 Å². The van der Waals surface area contributed by atoms with Crippen LogP contribution in [0.5, 0.6) is 0 Å². The quantitative estimate of drug-likeness (QED) is 0.502. The van der Waals surface area contributed by atoms with Gasteiger partial charge in [-0.3, -0.25) is 0 Å². The molecule has 1 fully saturated rings. The van der Waals surface area contributed by atoms with Gasteiger partial charge in [-0.05, 0) is 49.4 Å². The predicted octanol–water partition coefficient (Wildman–Crippen LogP) is 6.39. The summed E-state index contributed by atoms with van der Waals surface area (Å²) in [4.78, 5) is 17.3. The number of nitrogens with one attached hydrogen (secondary N) is 1. The SMILES string of the molecule is CC(C)C(C)N1CCC(N(Cc2ccccc2)C(=O)Nc2cc(F)cc(C(F)(F)F)c2)CC1. The first-order valence-electron chi connectivity index (χ1n) is 11.3. The number of likely N-dealkylation sites (tertiary alicyclic amines) is 1. The number of benzene rings is 2. The van der Waals surface area contributed by atoms with Crippen molar-refractivity contribution in [2.75, 3.05) is 18.4 Å². The topological polar surface area (TPSA) is 35.6 Å². The summed E-state index contributed by atoms with van der Waals surface area (Å²) >= 11 is 0. The number of carbonyl (C=O) groups excluding carboxylic acids is 1. The molecule has 0 bridgehead atoms. The molecule has 0 aromatic heterocycles. The minimum atomic E-state index is -4.70. The summed E-state index contributed by atoms with van der Waals surface area (Å²) in [6, 6.07) is 11.3. The summed E-state index contributed by atoms with van der Waals surface area (Å²) in [5.74, 6) is -0.535. The lowest BCUT2D eigenvalue weighted by molar-refractivity contribution is -0.137. The first kappa shape index (κ1) is 25.0. The molecule has 0 radical (unpaired) electrons. The number of hydrogen-bond acceptors (Lipinski definition) is 2. The highest BCUT2D eigenvalue weighted by Gasteiger charge is 2.33. The summed E-state index contributed by atoms with van der Waals surface area (Å²) in [6.45, 7) is 8.54. The van der Waals surface area contributed by atoms with Gasteiger partial charge in [0, 0.05) is 37.4 Å². The van der Waals surface area contributed by atoms with E-state index in [9.17, 15) is 22.4 Å². The number of halogens is 4. The van der Waals surface area contributed by atoms with Gasteiger partial charge in [0.15, 0.2) is 0 Å². The Balaban J connectivity index is 1.79. The molecule has 0 saturated carbocycles. The van der Waals surface area contributed by atoms with E-state index in [1.165, 1.54) is 0 Å². The van der Waals surface area contributed by atoms with E-state index in [0.29, 0.717) is 24.6 Å². The average molecular weight is 466 g/mol. The highest BCUT2D eigenvalue weighted by atomic mass is 19.4. The van der Waals surface area contributed by atoms with Crippen molar-refractivity contribution in [3.63, 3.8) is 0 Å². The second-order valence-corrected chi connectivity index (χ2v) is 9.02. The minimum absolute atomic E-state index is 0.0727. The number of urea groups is 1. The molecule has 8 heteroatoms. The molecule has 0 aliphatic carbocycles. The summed E-state index contributed by atoms with van der Waals surface area (Å²) in [7, 11) is 0. The molecule has 0 spiro atoms. The Labute approximate surface area is 192 Å². The maximum absolute atomic E-state index is 13.8. The average Bonchev–Trinajstić information content (AvgIpc) is 2.76. The largest absolute Gasteiger partial charge is 0.416 e. The Bertz CT molecular complexity index is 925. The molecule has 4 nitrogen and oxygen atoms in total. The summed E-state index contributed by atoms with van der Waals surface area (Å²) in [5, 5.41) is 2.50. The van der Waals surface area contributed by atoms with E-state index in [0.717, 1.165) is 43.6 Å². The molecular weight excluding hydrogens is 434 g/mol. The molecule has 2 aromatic carbocycles. The summed E-state index contributed by atoms with van der Waals surface area (Å²) in [6.07, 6.45) is -3.19. The van der Waals surface area contributed by atoms with Crippen molar-refractivity contribution in [2.45, 2.75) is 58.4 Å². The fourth-order valence-electron chi connectivity index (χ4n) is 4.19. The van der Waals surface area contributed by atoms with Crippen LogP contribution >= 0.6 is 0 Å². The van der Waals surface area contributed by atoms with Crippen molar-refractivity contribution >= 4 is 11.7 Å². The third-order valence-electron chi connectivity index (χ3n) is 6.41. The molecule has 1 aliphatic rings. The molecule has 33 heavy (non-hydrogen) atoms. The van der Waals surface area contributed by atoms with Crippen LogP contribution in [0.4, 0.5) is 28.0 Å². The fourth-order valence-corrected chi connectivity index (χ4v) is 4.19. The van der Waals surface area contributed by atoms with Crippen LogP contribution in [0.2, 0.25) is 0 Å². The fraction of sp³-hybridized carbons (Fsp3) is 0.480. The van der Waals surface area contributed by atoms with Crippen LogP contribution in [0, 0.1) is 11.7 Å². The minimum Gasteiger partial charge on any atom is -0.317 e. The second-order valence-electron chi connectivity index (χ2n) is 9.02. The van der Waals surface area contributed by atoms with Gasteiger partial charge in [-0.25, -0.2) is 9.18 Å². The third kappa shape index (κ3) is 6.69. The van der Waals surface area contributed by atoms with Crippen molar-refractivity contribution in [3.05, 3.63) is 65.5 Å². The Morgan fingerprint density at radius 1 is 1.09 bits per heavy atom. The number of nitrogens with zero attached hydrogens (tertiary/aromatic N) is 2. The van der Waals surface area contributed by atoms with Gasteiger partial charge in [0.2, 0.25) is 0 Å². The molecular formula is C25H31F4N3O. The van der Waals surface area contributed by atoms with Crippen molar-refractivity contribution in [1.29, 1.82) is 0 Å². The second kappa shape index (κ2) is 10.5. The molecule has 3 rings (SSSR count). The van der Waals surface area contributed by atoms with Gasteiger partial charge in [0.05, 0.1) is 5.56 Å². The van der Waals surface area contributed by atoms with Gasteiger partial charge in [0.25, 0.3) is 0 Å². The number of carbonyl (C=O) groups is 1. The van der Waals surface area contributed by atoms with E-state index < -0.39 is 23.6 Å². The lowest BCUT2D eigenvalue weighted by atomic mass is 9.97. The first-order chi connectivity index (χ1) is 15.5. The summed E-state index contributed by atoms with van der Waals surface area (Å²) in [5.41, 5.74) is -0.430. The van der Waals surface area contributed by atoms with Gasteiger partial charge in [0.1, 0.15) is 5.82 Å².